The Labute approximate surface area is 108 Å². The molecule has 1 atom stereocenters. The molecule has 1 saturated heterocycles. The van der Waals surface area contributed by atoms with Crippen LogP contribution in [0.3, 0.4) is 0 Å². The highest BCUT2D eigenvalue weighted by molar-refractivity contribution is 5.18. The van der Waals surface area contributed by atoms with Gasteiger partial charge in [0.25, 0.3) is 0 Å². The zero-order valence-electron chi connectivity index (χ0n) is 10.5. The fourth-order valence-electron chi connectivity index (χ4n) is 2.71. The minimum atomic E-state index is 0.655. The first-order valence-electron chi connectivity index (χ1n) is 6.58. The molecule has 2 nitrogen and oxygen atoms in total. The number of benzene rings is 1. The zero-order valence-corrected chi connectivity index (χ0v) is 10.5. The van der Waals surface area contributed by atoms with Crippen molar-refractivity contribution in [1.82, 2.24) is 9.88 Å². The monoisotopic (exact) mass is 238 g/mol. The minimum absolute atomic E-state index is 0.655. The Hall–Kier alpha value is -1.67. The van der Waals surface area contributed by atoms with E-state index in [1.165, 1.54) is 24.1 Å². The predicted molar refractivity (Wildman–Crippen MR) is 73.3 cm³/mol. The number of likely N-dealkylation sites (tertiary alicyclic amines) is 1. The van der Waals surface area contributed by atoms with E-state index in [-0.39, 0.29) is 0 Å². The number of aromatic nitrogens is 1. The number of pyridine rings is 1. The van der Waals surface area contributed by atoms with Crippen LogP contribution in [-0.2, 0) is 6.54 Å². The second-order valence-electron chi connectivity index (χ2n) is 4.99. The molecular weight excluding hydrogens is 220 g/mol. The van der Waals surface area contributed by atoms with E-state index in [2.05, 4.69) is 46.3 Å². The number of nitrogens with zero attached hydrogens (tertiary/aromatic N) is 2. The zero-order chi connectivity index (χ0) is 12.2. The fourth-order valence-corrected chi connectivity index (χ4v) is 2.71. The lowest BCUT2D eigenvalue weighted by molar-refractivity contribution is 0.327. The van der Waals surface area contributed by atoms with Crippen molar-refractivity contribution in [3.8, 4) is 0 Å². The molecule has 1 aromatic heterocycles. The minimum Gasteiger partial charge on any atom is -0.298 e. The van der Waals surface area contributed by atoms with E-state index in [0.717, 1.165) is 13.1 Å². The molecule has 18 heavy (non-hydrogen) atoms. The lowest BCUT2D eigenvalue weighted by Crippen LogP contribution is -2.19. The van der Waals surface area contributed by atoms with Crippen LogP contribution < -0.4 is 0 Å². The van der Waals surface area contributed by atoms with Crippen molar-refractivity contribution in [1.29, 1.82) is 0 Å². The van der Waals surface area contributed by atoms with Crippen LogP contribution in [0, 0.1) is 0 Å². The van der Waals surface area contributed by atoms with Crippen LogP contribution in [0.4, 0.5) is 0 Å². The maximum atomic E-state index is 4.22. The fraction of sp³-hybridized carbons (Fsp3) is 0.312. The van der Waals surface area contributed by atoms with Crippen molar-refractivity contribution < 1.29 is 0 Å². The molecule has 1 aliphatic rings. The Balaban J connectivity index is 1.62. The smallest absolute Gasteiger partial charge is 0.0303 e. The first-order valence-corrected chi connectivity index (χ1v) is 6.58. The summed E-state index contributed by atoms with van der Waals surface area (Å²) in [6.45, 7) is 3.41. The molecule has 2 aromatic rings. The summed E-state index contributed by atoms with van der Waals surface area (Å²) in [5, 5.41) is 0. The summed E-state index contributed by atoms with van der Waals surface area (Å²) in [5.74, 6) is 0.655. The largest absolute Gasteiger partial charge is 0.298 e. The molecule has 1 fully saturated rings. The van der Waals surface area contributed by atoms with Gasteiger partial charge in [-0.2, -0.15) is 0 Å². The number of rotatable bonds is 3. The van der Waals surface area contributed by atoms with Crippen LogP contribution in [0.5, 0.6) is 0 Å². The van der Waals surface area contributed by atoms with E-state index in [0.29, 0.717) is 5.92 Å². The van der Waals surface area contributed by atoms with Crippen LogP contribution in [-0.4, -0.2) is 23.0 Å². The third-order valence-corrected chi connectivity index (χ3v) is 3.68. The van der Waals surface area contributed by atoms with E-state index in [4.69, 9.17) is 0 Å². The molecule has 0 amide bonds. The highest BCUT2D eigenvalue weighted by Gasteiger charge is 2.23. The molecule has 1 aliphatic heterocycles. The Kier molecular flexibility index (Phi) is 3.37. The summed E-state index contributed by atoms with van der Waals surface area (Å²) in [6, 6.07) is 15.0. The van der Waals surface area contributed by atoms with Crippen LogP contribution in [0.2, 0.25) is 0 Å². The van der Waals surface area contributed by atoms with E-state index >= 15 is 0 Å². The van der Waals surface area contributed by atoms with Gasteiger partial charge in [0.05, 0.1) is 0 Å². The third-order valence-electron chi connectivity index (χ3n) is 3.68. The van der Waals surface area contributed by atoms with E-state index in [1.807, 2.05) is 18.5 Å². The van der Waals surface area contributed by atoms with Crippen molar-refractivity contribution in [2.24, 2.45) is 0 Å². The summed E-state index contributed by atoms with van der Waals surface area (Å²) in [4.78, 5) is 6.75. The molecule has 0 radical (unpaired) electrons. The molecular formula is C16H18N2. The summed E-state index contributed by atoms with van der Waals surface area (Å²) >= 11 is 0. The van der Waals surface area contributed by atoms with E-state index < -0.39 is 0 Å². The Morgan fingerprint density at radius 1 is 1.11 bits per heavy atom. The molecule has 0 N–H and O–H groups in total. The van der Waals surface area contributed by atoms with Gasteiger partial charge >= 0.3 is 0 Å². The molecule has 0 saturated carbocycles. The van der Waals surface area contributed by atoms with Crippen molar-refractivity contribution in [3.05, 3.63) is 66.0 Å². The van der Waals surface area contributed by atoms with Crippen LogP contribution in [0.15, 0.2) is 54.9 Å². The molecule has 2 heterocycles. The summed E-state index contributed by atoms with van der Waals surface area (Å²) < 4.78 is 0. The highest BCUT2D eigenvalue weighted by atomic mass is 15.1. The van der Waals surface area contributed by atoms with E-state index in [1.54, 1.807) is 0 Å². The van der Waals surface area contributed by atoms with Gasteiger partial charge in [0.1, 0.15) is 0 Å². The second-order valence-corrected chi connectivity index (χ2v) is 4.99. The molecule has 92 valence electrons. The van der Waals surface area contributed by atoms with Gasteiger partial charge in [-0.15, -0.1) is 0 Å². The van der Waals surface area contributed by atoms with Crippen LogP contribution in [0.1, 0.15) is 23.5 Å². The number of hydrogen-bond donors (Lipinski definition) is 0. The maximum Gasteiger partial charge on any atom is 0.0303 e. The van der Waals surface area contributed by atoms with Crippen molar-refractivity contribution in [2.75, 3.05) is 13.1 Å². The summed E-state index contributed by atoms with van der Waals surface area (Å²) in [6.07, 6.45) is 5.11. The average molecular weight is 238 g/mol. The molecule has 0 aliphatic carbocycles. The van der Waals surface area contributed by atoms with Crippen molar-refractivity contribution in [3.63, 3.8) is 0 Å². The van der Waals surface area contributed by atoms with Gasteiger partial charge in [0.2, 0.25) is 0 Å². The molecule has 1 unspecified atom stereocenters. The molecule has 1 aromatic carbocycles. The van der Waals surface area contributed by atoms with E-state index in [9.17, 15) is 0 Å². The van der Waals surface area contributed by atoms with Gasteiger partial charge in [-0.3, -0.25) is 9.88 Å². The van der Waals surface area contributed by atoms with Gasteiger partial charge in [0.15, 0.2) is 0 Å². The SMILES string of the molecule is c1ccc(CN2CCC(c3cccnc3)C2)cc1. The van der Waals surface area contributed by atoms with Crippen LogP contribution >= 0.6 is 0 Å². The van der Waals surface area contributed by atoms with Gasteiger partial charge in [-0.25, -0.2) is 0 Å². The van der Waals surface area contributed by atoms with Crippen molar-refractivity contribution in [2.45, 2.75) is 18.9 Å². The number of hydrogen-bond acceptors (Lipinski definition) is 2. The topological polar surface area (TPSA) is 16.1 Å². The second kappa shape index (κ2) is 5.32. The van der Waals surface area contributed by atoms with Gasteiger partial charge in [-0.05, 0) is 36.1 Å². The van der Waals surface area contributed by atoms with Crippen molar-refractivity contribution >= 4 is 0 Å². The Bertz CT molecular complexity index is 481. The standard InChI is InChI=1S/C16H18N2/c1-2-5-14(6-3-1)12-18-10-8-16(13-18)15-7-4-9-17-11-15/h1-7,9,11,16H,8,10,12-13H2. The maximum absolute atomic E-state index is 4.22. The summed E-state index contributed by atoms with van der Waals surface area (Å²) in [5.41, 5.74) is 2.79. The van der Waals surface area contributed by atoms with Gasteiger partial charge in [-0.1, -0.05) is 36.4 Å². The average Bonchev–Trinajstić information content (AvgIpc) is 2.89. The van der Waals surface area contributed by atoms with Crippen LogP contribution in [0.25, 0.3) is 0 Å². The molecule has 3 rings (SSSR count). The lowest BCUT2D eigenvalue weighted by Gasteiger charge is -2.16. The first-order chi connectivity index (χ1) is 8.92. The third kappa shape index (κ3) is 2.59. The first kappa shape index (κ1) is 11.4. The highest BCUT2D eigenvalue weighted by Crippen LogP contribution is 2.27. The Morgan fingerprint density at radius 3 is 2.78 bits per heavy atom. The quantitative estimate of drug-likeness (QED) is 0.817. The summed E-state index contributed by atoms with van der Waals surface area (Å²) in [7, 11) is 0. The Morgan fingerprint density at radius 2 is 2.00 bits per heavy atom. The lowest BCUT2D eigenvalue weighted by atomic mass is 10.0. The van der Waals surface area contributed by atoms with Gasteiger partial charge < -0.3 is 0 Å². The normalized spacial score (nSPS) is 20.1. The molecule has 0 spiro atoms. The molecule has 2 heteroatoms. The predicted octanol–water partition coefficient (Wildman–Crippen LogP) is 3.07. The van der Waals surface area contributed by atoms with Gasteiger partial charge in [0, 0.05) is 25.5 Å². The molecule has 0 bridgehead atoms.